The fourth-order valence-electron chi connectivity index (χ4n) is 14.4. The zero-order valence-electron chi connectivity index (χ0n) is 40.1. The van der Waals surface area contributed by atoms with Crippen molar-refractivity contribution in [1.82, 2.24) is 0 Å². The van der Waals surface area contributed by atoms with E-state index in [1.54, 1.807) is 6.92 Å². The van der Waals surface area contributed by atoms with Crippen LogP contribution in [0.3, 0.4) is 0 Å². The molecule has 3 saturated carbocycles. The van der Waals surface area contributed by atoms with Crippen molar-refractivity contribution in [1.29, 1.82) is 0 Å². The lowest BCUT2D eigenvalue weighted by atomic mass is 9.35. The van der Waals surface area contributed by atoms with Gasteiger partial charge in [-0.25, -0.2) is 9.59 Å². The molecule has 390 valence electrons. The number of aliphatic carboxylic acids is 3. The molecular formula is C48H72O21. The molecule has 0 amide bonds. The van der Waals surface area contributed by atoms with Gasteiger partial charge in [0.05, 0.1) is 18.1 Å². The predicted octanol–water partition coefficient (Wildman–Crippen LogP) is 0.131. The van der Waals surface area contributed by atoms with Crippen molar-refractivity contribution in [3.63, 3.8) is 0 Å². The summed E-state index contributed by atoms with van der Waals surface area (Å²) in [4.78, 5) is 37.0. The monoisotopic (exact) mass is 984 g/mol. The maximum absolute atomic E-state index is 12.8. The summed E-state index contributed by atoms with van der Waals surface area (Å²) in [5.41, 5.74) is -2.06. The molecule has 0 aromatic rings. The zero-order valence-corrected chi connectivity index (χ0v) is 40.1. The molecular weight excluding hydrogens is 913 g/mol. The van der Waals surface area contributed by atoms with Crippen molar-refractivity contribution in [3.05, 3.63) is 23.0 Å². The third-order valence-corrected chi connectivity index (χ3v) is 19.0. The van der Waals surface area contributed by atoms with Gasteiger partial charge in [0, 0.05) is 5.92 Å². The highest BCUT2D eigenvalue weighted by Crippen LogP contribution is 2.76. The Morgan fingerprint density at radius 2 is 1.22 bits per heavy atom. The van der Waals surface area contributed by atoms with Crippen LogP contribution in [0.2, 0.25) is 0 Å². The maximum Gasteiger partial charge on any atom is 0.335 e. The van der Waals surface area contributed by atoms with Crippen LogP contribution in [0.5, 0.6) is 0 Å². The Morgan fingerprint density at radius 3 is 1.80 bits per heavy atom. The molecule has 21 nitrogen and oxygen atoms in total. The highest BCUT2D eigenvalue weighted by atomic mass is 16.8. The number of rotatable bonds is 10. The second-order valence-electron chi connectivity index (χ2n) is 23.2. The van der Waals surface area contributed by atoms with Crippen molar-refractivity contribution in [2.75, 3.05) is 6.61 Å². The molecule has 0 aromatic heterocycles. The Morgan fingerprint density at radius 1 is 0.638 bits per heavy atom. The normalized spacial score (nSPS) is 51.7. The summed E-state index contributed by atoms with van der Waals surface area (Å²) < 4.78 is 36.5. The van der Waals surface area contributed by atoms with Crippen LogP contribution in [0, 0.1) is 44.3 Å². The predicted molar refractivity (Wildman–Crippen MR) is 233 cm³/mol. The molecule has 0 bridgehead atoms. The minimum Gasteiger partial charge on any atom is -0.481 e. The quantitative estimate of drug-likeness (QED) is 0.129. The summed E-state index contributed by atoms with van der Waals surface area (Å²) in [6, 6.07) is 0. The first-order valence-electron chi connectivity index (χ1n) is 24.2. The van der Waals surface area contributed by atoms with E-state index in [9.17, 15) is 75.7 Å². The molecule has 0 spiro atoms. The molecule has 69 heavy (non-hydrogen) atoms. The molecule has 23 atom stereocenters. The number of ether oxygens (including phenoxy) is 6. The van der Waals surface area contributed by atoms with Gasteiger partial charge in [-0.15, -0.1) is 0 Å². The molecule has 21 heteroatoms. The third-order valence-electron chi connectivity index (χ3n) is 19.0. The van der Waals surface area contributed by atoms with E-state index < -0.39 is 156 Å². The van der Waals surface area contributed by atoms with Crippen LogP contribution in [-0.2, 0) is 42.8 Å². The van der Waals surface area contributed by atoms with Gasteiger partial charge in [-0.2, -0.15) is 0 Å². The van der Waals surface area contributed by atoms with E-state index >= 15 is 0 Å². The molecule has 0 radical (unpaired) electrons. The van der Waals surface area contributed by atoms with E-state index in [0.717, 1.165) is 24.0 Å². The largest absolute Gasteiger partial charge is 0.481 e. The first-order chi connectivity index (χ1) is 32.0. The summed E-state index contributed by atoms with van der Waals surface area (Å²) in [6.45, 7) is 13.8. The van der Waals surface area contributed by atoms with Crippen molar-refractivity contribution in [2.24, 2.45) is 44.3 Å². The highest BCUT2D eigenvalue weighted by molar-refractivity contribution is 5.75. The summed E-state index contributed by atoms with van der Waals surface area (Å²) in [6.07, 6.45) is -21.6. The number of carbonyl (C=O) groups is 3. The number of aliphatic hydroxyl groups is 9. The Hall–Kier alpha value is -2.87. The Kier molecular flexibility index (Phi) is 13.7. The number of carboxylic acid groups (broad SMARTS) is 3. The van der Waals surface area contributed by atoms with Crippen LogP contribution >= 0.6 is 0 Å². The van der Waals surface area contributed by atoms with Crippen LogP contribution in [0.15, 0.2) is 23.0 Å². The molecule has 12 N–H and O–H groups in total. The Balaban J connectivity index is 1.17. The molecule has 3 heterocycles. The van der Waals surface area contributed by atoms with E-state index in [4.69, 9.17) is 28.4 Å². The first kappa shape index (κ1) is 52.5. The van der Waals surface area contributed by atoms with Gasteiger partial charge < -0.3 is 89.7 Å². The Bertz CT molecular complexity index is 2080. The zero-order chi connectivity index (χ0) is 50.9. The lowest BCUT2D eigenvalue weighted by Crippen LogP contribution is -2.67. The number of fused-ring (bicyclic) bond motifs is 6. The summed E-state index contributed by atoms with van der Waals surface area (Å²) in [5.74, 6) is -4.49. The van der Waals surface area contributed by atoms with Gasteiger partial charge in [-0.1, -0.05) is 47.1 Å². The molecule has 0 aromatic carbocycles. The van der Waals surface area contributed by atoms with Crippen LogP contribution in [0.4, 0.5) is 0 Å². The fourth-order valence-corrected chi connectivity index (χ4v) is 14.4. The number of allylic oxidation sites excluding steroid dienone is 4. The number of hydrogen-bond donors (Lipinski definition) is 12. The number of aliphatic hydroxyl groups excluding tert-OH is 9. The molecule has 8 rings (SSSR count). The molecule has 6 fully saturated rings. The minimum absolute atomic E-state index is 0.217. The van der Waals surface area contributed by atoms with E-state index in [-0.39, 0.29) is 11.3 Å². The maximum atomic E-state index is 12.8. The van der Waals surface area contributed by atoms with Crippen molar-refractivity contribution < 1.29 is 104 Å². The van der Waals surface area contributed by atoms with E-state index in [2.05, 4.69) is 27.7 Å². The van der Waals surface area contributed by atoms with E-state index in [0.29, 0.717) is 50.7 Å². The lowest BCUT2D eigenvalue weighted by molar-refractivity contribution is -0.375. The SMILES string of the molecule is CC1(C)[C@@H](O[C@H]2O[C@H](CO)[C@@H](O)[C@H](O)[C@H]2O[C@@H]2O[C@H](C(=O)O)[C@@H](O)[C@H](O)[C@H]2O)CC[C@]2(C)[C@H]3C(O[C@H]4O[C@H](C(=O)O)[C@@H](O)[C@H](O)[C@H]4O)=CC4=C5C[C@@](C)(C(=O)O)CC[C@]5(C)CC[C@@]4(C)[C@]3(C)CC[C@@H]12. The average molecular weight is 985 g/mol. The fraction of sp³-hybridized carbons (Fsp3) is 0.854. The molecule has 3 aliphatic heterocycles. The summed E-state index contributed by atoms with van der Waals surface area (Å²) in [5, 5.41) is 127. The van der Waals surface area contributed by atoms with Gasteiger partial charge in [-0.05, 0) is 109 Å². The van der Waals surface area contributed by atoms with Crippen molar-refractivity contribution in [2.45, 2.75) is 204 Å². The van der Waals surface area contributed by atoms with Crippen molar-refractivity contribution in [3.8, 4) is 0 Å². The van der Waals surface area contributed by atoms with Gasteiger partial charge >= 0.3 is 17.9 Å². The topological polar surface area (TPSA) is 349 Å². The number of hydrogen-bond acceptors (Lipinski definition) is 18. The van der Waals surface area contributed by atoms with Gasteiger partial charge in [0.1, 0.15) is 66.8 Å². The minimum atomic E-state index is -2.04. The molecule has 8 aliphatic rings. The van der Waals surface area contributed by atoms with E-state index in [1.165, 1.54) is 0 Å². The standard InChI is InChI=1S/C48H72O21/c1-43(2)23-8-11-48(7)36(46(23,5)10-9-24(43)66-41-35(28(53)25(50)22(18-49)65-41)69-40-32(57)27(52)30(55)34(68-40)38(60)61)21(64-39-31(56)26(51)29(54)33(67-39)37(58)59)16-19-20-17-45(4,42(62)63)13-12-44(20,3)14-15-47(19,48)6/h16,22-36,39-41,49-57H,8-15,17-18H2,1-7H3,(H,58,59)(H,60,61)(H,62,63)/t22-,23+,24+,25-,26+,27+,28+,29+,30+,31-,32-,33+,34+,35-,36-,39+,40+,41-,44-,45+,46+,47-,48-/m1/s1. The second kappa shape index (κ2) is 18.0. The van der Waals surface area contributed by atoms with Crippen LogP contribution in [0.25, 0.3) is 0 Å². The second-order valence-corrected chi connectivity index (χ2v) is 23.2. The lowest BCUT2D eigenvalue weighted by Gasteiger charge is -2.70. The average Bonchev–Trinajstić information content (AvgIpc) is 3.27. The Labute approximate surface area is 399 Å². The summed E-state index contributed by atoms with van der Waals surface area (Å²) in [7, 11) is 0. The van der Waals surface area contributed by atoms with Crippen LogP contribution in [-0.4, -0.2) is 184 Å². The van der Waals surface area contributed by atoms with E-state index in [1.807, 2.05) is 19.9 Å². The van der Waals surface area contributed by atoms with Gasteiger partial charge in [0.15, 0.2) is 24.8 Å². The molecule has 0 unspecified atom stereocenters. The third kappa shape index (κ3) is 8.09. The van der Waals surface area contributed by atoms with Crippen LogP contribution in [0.1, 0.15) is 106 Å². The summed E-state index contributed by atoms with van der Waals surface area (Å²) >= 11 is 0. The van der Waals surface area contributed by atoms with Crippen LogP contribution < -0.4 is 0 Å². The number of carboxylic acids is 3. The van der Waals surface area contributed by atoms with Gasteiger partial charge in [-0.3, -0.25) is 4.79 Å². The van der Waals surface area contributed by atoms with Crippen molar-refractivity contribution >= 4 is 17.9 Å². The first-order valence-corrected chi connectivity index (χ1v) is 24.2. The highest BCUT2D eigenvalue weighted by Gasteiger charge is 2.70. The van der Waals surface area contributed by atoms with Gasteiger partial charge in [0.2, 0.25) is 6.29 Å². The molecule has 3 saturated heterocycles. The smallest absolute Gasteiger partial charge is 0.335 e. The van der Waals surface area contributed by atoms with Gasteiger partial charge in [0.25, 0.3) is 0 Å². The molecule has 5 aliphatic carbocycles.